The average Bonchev–Trinajstić information content (AvgIpc) is 3.26. The quantitative estimate of drug-likeness (QED) is 0.113. The van der Waals surface area contributed by atoms with Crippen molar-refractivity contribution in [2.24, 2.45) is 5.16 Å². The van der Waals surface area contributed by atoms with Crippen LogP contribution in [0.2, 0.25) is 0 Å². The van der Waals surface area contributed by atoms with Crippen molar-refractivity contribution >= 4 is 57.7 Å². The molecule has 194 valence electrons. The molecule has 2 atom stereocenters. The fourth-order valence-electron chi connectivity index (χ4n) is 4.44. The minimum absolute atomic E-state index is 0.0495. The number of aromatic nitrogens is 1. The van der Waals surface area contributed by atoms with Crippen LogP contribution in [0.5, 0.6) is 0 Å². The van der Waals surface area contributed by atoms with Gasteiger partial charge in [-0.1, -0.05) is 5.16 Å². The number of fused-ring (bicyclic) bond motifs is 1. The Morgan fingerprint density at radius 1 is 1.39 bits per heavy atom. The third-order valence-electron chi connectivity index (χ3n) is 6.40. The van der Waals surface area contributed by atoms with E-state index in [1.807, 2.05) is 7.05 Å². The molecule has 4 rings (SSSR count). The molecule has 0 unspecified atom stereocenters. The molecule has 2 saturated heterocycles. The van der Waals surface area contributed by atoms with Crippen molar-refractivity contribution in [3.05, 3.63) is 22.5 Å². The smallest absolute Gasteiger partial charge is 0.358 e. The number of aliphatic carboxylic acids is 2. The summed E-state index contributed by atoms with van der Waals surface area (Å²) in [5.41, 5.74) is 4.52. The molecule has 2 fully saturated rings. The number of rotatable bonds is 8. The SMILES string of the molecule is C[C@@]1(NC(=O)C(=NOCC(=O)O)c2csc(N)n2)C(=O)N2C(C(=O)O)=C([N+]3(C)CCNCC3)CS[C@H]21. The summed E-state index contributed by atoms with van der Waals surface area (Å²) >= 11 is 2.41. The van der Waals surface area contributed by atoms with Crippen LogP contribution in [0.15, 0.2) is 21.9 Å². The second kappa shape index (κ2) is 9.68. The lowest BCUT2D eigenvalue weighted by Gasteiger charge is -2.56. The van der Waals surface area contributed by atoms with Gasteiger partial charge in [0.2, 0.25) is 6.61 Å². The maximum Gasteiger partial charge on any atom is 0.358 e. The van der Waals surface area contributed by atoms with E-state index in [4.69, 9.17) is 15.7 Å². The second-order valence-electron chi connectivity index (χ2n) is 8.87. The Kier molecular flexibility index (Phi) is 6.96. The van der Waals surface area contributed by atoms with Crippen LogP contribution in [0.4, 0.5) is 5.13 Å². The molecule has 1 aromatic heterocycles. The Labute approximate surface area is 213 Å². The Morgan fingerprint density at radius 2 is 2.08 bits per heavy atom. The lowest BCUT2D eigenvalue weighted by atomic mass is 9.88. The van der Waals surface area contributed by atoms with Gasteiger partial charge in [0.1, 0.15) is 16.6 Å². The summed E-state index contributed by atoms with van der Waals surface area (Å²) in [4.78, 5) is 59.6. The van der Waals surface area contributed by atoms with E-state index in [2.05, 4.69) is 20.8 Å². The number of thiazole rings is 1. The molecule has 0 spiro atoms. The number of anilines is 1. The zero-order chi connectivity index (χ0) is 26.3. The van der Waals surface area contributed by atoms with E-state index in [1.54, 1.807) is 0 Å². The van der Waals surface area contributed by atoms with Gasteiger partial charge in [0.15, 0.2) is 22.2 Å². The molecule has 0 saturated carbocycles. The van der Waals surface area contributed by atoms with E-state index in [-0.39, 0.29) is 22.2 Å². The lowest BCUT2D eigenvalue weighted by Crippen LogP contribution is -2.79. The van der Waals surface area contributed by atoms with E-state index in [1.165, 1.54) is 29.0 Å². The van der Waals surface area contributed by atoms with Crippen LogP contribution in [-0.4, -0.2) is 111 Å². The highest BCUT2D eigenvalue weighted by Gasteiger charge is 2.64. The summed E-state index contributed by atoms with van der Waals surface area (Å²) in [5, 5.41) is 29.3. The summed E-state index contributed by atoms with van der Waals surface area (Å²) in [5.74, 6) is -3.53. The summed E-state index contributed by atoms with van der Waals surface area (Å²) < 4.78 is 0.421. The number of carboxylic acid groups (broad SMARTS) is 2. The summed E-state index contributed by atoms with van der Waals surface area (Å²) in [7, 11) is 1.96. The van der Waals surface area contributed by atoms with Crippen molar-refractivity contribution in [3.63, 3.8) is 0 Å². The van der Waals surface area contributed by atoms with E-state index in [0.29, 0.717) is 29.0 Å². The number of thioether (sulfide) groups is 1. The number of nitrogen functional groups attached to an aromatic ring is 1. The molecule has 0 aromatic carbocycles. The topological polar surface area (TPSA) is 197 Å². The number of piperazine rings is 1. The Balaban J connectivity index is 1.60. The number of hydrogen-bond donors (Lipinski definition) is 5. The number of amides is 2. The zero-order valence-corrected chi connectivity index (χ0v) is 21.1. The van der Waals surface area contributed by atoms with Crippen molar-refractivity contribution in [1.29, 1.82) is 0 Å². The lowest BCUT2D eigenvalue weighted by molar-refractivity contribution is -0.874. The number of quaternary nitrogens is 1. The van der Waals surface area contributed by atoms with Crippen molar-refractivity contribution in [2.75, 3.05) is 51.3 Å². The molecular formula is C20H26N7O7S2+. The first-order valence-corrected chi connectivity index (χ1v) is 12.8. The van der Waals surface area contributed by atoms with Crippen LogP contribution in [0.3, 0.4) is 0 Å². The number of hydrogen-bond acceptors (Lipinski definition) is 11. The maximum absolute atomic E-state index is 13.4. The first kappa shape index (κ1) is 25.9. The van der Waals surface area contributed by atoms with Crippen LogP contribution >= 0.6 is 23.1 Å². The molecule has 0 radical (unpaired) electrons. The number of likely N-dealkylation sites (N-methyl/N-ethyl adjacent to an activating group) is 1. The highest BCUT2D eigenvalue weighted by Crippen LogP contribution is 2.47. The molecule has 0 aliphatic carbocycles. The Hall–Kier alpha value is -3.21. The molecule has 1 aromatic rings. The van der Waals surface area contributed by atoms with Crippen LogP contribution in [0.25, 0.3) is 0 Å². The molecule has 16 heteroatoms. The first-order valence-electron chi connectivity index (χ1n) is 10.9. The molecule has 3 aliphatic rings. The van der Waals surface area contributed by atoms with E-state index >= 15 is 0 Å². The number of nitrogens with two attached hydrogens (primary N) is 1. The predicted molar refractivity (Wildman–Crippen MR) is 130 cm³/mol. The Morgan fingerprint density at radius 3 is 2.67 bits per heavy atom. The third kappa shape index (κ3) is 4.52. The van der Waals surface area contributed by atoms with Crippen molar-refractivity contribution in [3.8, 4) is 0 Å². The minimum Gasteiger partial charge on any atom is -0.479 e. The van der Waals surface area contributed by atoms with Gasteiger partial charge in [-0.15, -0.1) is 23.1 Å². The zero-order valence-electron chi connectivity index (χ0n) is 19.5. The summed E-state index contributed by atoms with van der Waals surface area (Å²) in [6.45, 7) is 3.57. The molecule has 14 nitrogen and oxygen atoms in total. The molecule has 2 amide bonds. The number of β-lactam (4-membered cyclic amide) rings is 1. The Bertz CT molecular complexity index is 1180. The number of carboxylic acids is 2. The average molecular weight is 541 g/mol. The van der Waals surface area contributed by atoms with Crippen molar-refractivity contribution in [2.45, 2.75) is 17.8 Å². The first-order chi connectivity index (χ1) is 17.0. The number of nitrogens with one attached hydrogen (secondary N) is 2. The van der Waals surface area contributed by atoms with Crippen molar-refractivity contribution < 1.29 is 38.7 Å². The van der Waals surface area contributed by atoms with E-state index < -0.39 is 41.3 Å². The van der Waals surface area contributed by atoms with Gasteiger partial charge < -0.3 is 31.4 Å². The normalized spacial score (nSPS) is 25.6. The summed E-state index contributed by atoms with van der Waals surface area (Å²) in [6.07, 6.45) is 0. The molecule has 3 aliphatic heterocycles. The maximum atomic E-state index is 13.4. The minimum atomic E-state index is -1.44. The number of nitrogens with zero attached hydrogens (tertiary/aromatic N) is 4. The third-order valence-corrected chi connectivity index (χ3v) is 8.51. The summed E-state index contributed by atoms with van der Waals surface area (Å²) in [6, 6.07) is 0. The fourth-order valence-corrected chi connectivity index (χ4v) is 6.59. The van der Waals surface area contributed by atoms with Crippen molar-refractivity contribution in [1.82, 2.24) is 20.5 Å². The molecule has 6 N–H and O–H groups in total. The van der Waals surface area contributed by atoms with Gasteiger partial charge >= 0.3 is 11.9 Å². The molecular weight excluding hydrogens is 514 g/mol. The highest BCUT2D eigenvalue weighted by atomic mass is 32.2. The number of carbonyl (C=O) groups is 4. The molecule has 4 heterocycles. The van der Waals surface area contributed by atoms with Crippen LogP contribution in [-0.2, 0) is 24.0 Å². The predicted octanol–water partition coefficient (Wildman–Crippen LogP) is -1.33. The van der Waals surface area contributed by atoms with Gasteiger partial charge in [-0.25, -0.2) is 14.6 Å². The van der Waals surface area contributed by atoms with Crippen LogP contribution < -0.4 is 16.4 Å². The van der Waals surface area contributed by atoms with Gasteiger partial charge in [0, 0.05) is 18.5 Å². The fraction of sp³-hybridized carbons (Fsp3) is 0.500. The van der Waals surface area contributed by atoms with Gasteiger partial charge in [0.05, 0.1) is 25.9 Å². The van der Waals surface area contributed by atoms with Gasteiger partial charge in [-0.05, 0) is 6.92 Å². The van der Waals surface area contributed by atoms with Gasteiger partial charge in [-0.3, -0.25) is 19.0 Å². The monoisotopic (exact) mass is 540 g/mol. The van der Waals surface area contributed by atoms with E-state index in [0.717, 1.165) is 24.4 Å². The van der Waals surface area contributed by atoms with Gasteiger partial charge in [0.25, 0.3) is 11.8 Å². The number of carbonyl (C=O) groups excluding carboxylic acids is 2. The van der Waals surface area contributed by atoms with Crippen LogP contribution in [0.1, 0.15) is 12.6 Å². The standard InChI is InChI=1S/C20H25N7O7S2/c1-20(24-15(30)13(25-34-7-12(28)29)10-8-36-19(21)23-10)17(33)26-14(16(31)32)11(9-35-18(20)26)27(2)5-3-22-4-6-27/h8,18,22H,3-7,9H2,1-2H3,(H4-,21,23,24,28,29,30,31,32)/p+1/t18-,20+/m0/s1. The highest BCUT2D eigenvalue weighted by molar-refractivity contribution is 8.00. The molecule has 36 heavy (non-hydrogen) atoms. The van der Waals surface area contributed by atoms with Gasteiger partial charge in [-0.2, -0.15) is 0 Å². The largest absolute Gasteiger partial charge is 0.479 e. The molecule has 0 bridgehead atoms. The van der Waals surface area contributed by atoms with Crippen LogP contribution in [0, 0.1) is 0 Å². The number of oxime groups is 1. The second-order valence-corrected chi connectivity index (χ2v) is 10.8. The van der Waals surface area contributed by atoms with E-state index in [9.17, 15) is 24.3 Å².